The first-order valence-corrected chi connectivity index (χ1v) is 33.4. The Balaban J connectivity index is 4.41. The summed E-state index contributed by atoms with van der Waals surface area (Å²) in [7, 11) is 0. The smallest absolute Gasteiger partial charge is 0.306 e. The molecule has 0 heterocycles. The maximum absolute atomic E-state index is 12.9. The predicted octanol–water partition coefficient (Wildman–Crippen LogP) is 22.9. The van der Waals surface area contributed by atoms with Crippen molar-refractivity contribution in [3.05, 3.63) is 72.9 Å². The number of ether oxygens (including phenoxy) is 3. The number of esters is 3. The van der Waals surface area contributed by atoms with Gasteiger partial charge in [0.25, 0.3) is 0 Å². The van der Waals surface area contributed by atoms with E-state index in [0.717, 1.165) is 83.5 Å². The van der Waals surface area contributed by atoms with E-state index in [-0.39, 0.29) is 31.1 Å². The fraction of sp³-hybridized carbons (Fsp3) is 0.789. The summed E-state index contributed by atoms with van der Waals surface area (Å²) in [6.45, 7) is 6.62. The Morgan fingerprint density at radius 1 is 0.260 bits per heavy atom. The van der Waals surface area contributed by atoms with Gasteiger partial charge in [0.1, 0.15) is 13.2 Å². The number of hydrogen-bond acceptors (Lipinski definition) is 6. The molecule has 0 unspecified atom stereocenters. The molecule has 6 heteroatoms. The molecule has 1 atom stereocenters. The summed E-state index contributed by atoms with van der Waals surface area (Å²) in [6.07, 6.45) is 84.8. The van der Waals surface area contributed by atoms with Gasteiger partial charge in [-0.25, -0.2) is 0 Å². The number of carbonyl (C=O) groups is 3. The summed E-state index contributed by atoms with van der Waals surface area (Å²) < 4.78 is 16.9. The zero-order valence-corrected chi connectivity index (χ0v) is 51.2. The van der Waals surface area contributed by atoms with Crippen LogP contribution in [-0.4, -0.2) is 37.2 Å². The average molecular weight is 1080 g/mol. The van der Waals surface area contributed by atoms with Crippen molar-refractivity contribution < 1.29 is 28.6 Å². The van der Waals surface area contributed by atoms with E-state index < -0.39 is 6.10 Å². The van der Waals surface area contributed by atoms with Crippen LogP contribution in [0.5, 0.6) is 0 Å². The molecule has 77 heavy (non-hydrogen) atoms. The summed E-state index contributed by atoms with van der Waals surface area (Å²) in [6, 6.07) is 0. The zero-order chi connectivity index (χ0) is 55.7. The molecule has 0 bridgehead atoms. The SMILES string of the molecule is CCCCC/C=C\C/C=C\C/C=C\C/C=C\CCCCCC(=O)OC[C@H](COC(=O)CCCCCCCCCCC/C=C\CCCCCCCC)OC(=O)CCCCCCCCCCCCC/C=C\CCCCCCCC. The van der Waals surface area contributed by atoms with E-state index in [9.17, 15) is 14.4 Å². The molecule has 0 saturated carbocycles. The van der Waals surface area contributed by atoms with Gasteiger partial charge in [0.05, 0.1) is 0 Å². The molecule has 0 aromatic rings. The topological polar surface area (TPSA) is 78.9 Å². The van der Waals surface area contributed by atoms with Gasteiger partial charge in [0.2, 0.25) is 0 Å². The normalized spacial score (nSPS) is 12.5. The second-order valence-electron chi connectivity index (χ2n) is 22.4. The van der Waals surface area contributed by atoms with Crippen molar-refractivity contribution in [3.63, 3.8) is 0 Å². The van der Waals surface area contributed by atoms with Gasteiger partial charge >= 0.3 is 17.9 Å². The number of allylic oxidation sites excluding steroid dienone is 12. The lowest BCUT2D eigenvalue weighted by atomic mass is 10.0. The molecule has 0 radical (unpaired) electrons. The molecule has 0 aliphatic carbocycles. The predicted molar refractivity (Wildman–Crippen MR) is 335 cm³/mol. The lowest BCUT2D eigenvalue weighted by Gasteiger charge is -2.18. The highest BCUT2D eigenvalue weighted by Gasteiger charge is 2.19. The molecule has 0 fully saturated rings. The fourth-order valence-electron chi connectivity index (χ4n) is 9.59. The maximum Gasteiger partial charge on any atom is 0.306 e. The van der Waals surface area contributed by atoms with E-state index in [1.807, 2.05) is 0 Å². The quantitative estimate of drug-likeness (QED) is 0.0261. The monoisotopic (exact) mass is 1070 g/mol. The number of carbonyl (C=O) groups excluding carboxylic acids is 3. The number of rotatable bonds is 61. The molecule has 0 N–H and O–H groups in total. The molecule has 0 aliphatic heterocycles. The van der Waals surface area contributed by atoms with Crippen molar-refractivity contribution in [3.8, 4) is 0 Å². The third-order valence-corrected chi connectivity index (χ3v) is 14.7. The molecule has 0 rings (SSSR count). The van der Waals surface area contributed by atoms with Gasteiger partial charge < -0.3 is 14.2 Å². The van der Waals surface area contributed by atoms with Crippen molar-refractivity contribution in [1.29, 1.82) is 0 Å². The van der Waals surface area contributed by atoms with Gasteiger partial charge in [-0.1, -0.05) is 280 Å². The van der Waals surface area contributed by atoms with Crippen LogP contribution in [0.15, 0.2) is 72.9 Å². The second kappa shape index (κ2) is 65.4. The summed E-state index contributed by atoms with van der Waals surface area (Å²) in [5, 5.41) is 0. The second-order valence-corrected chi connectivity index (χ2v) is 22.4. The van der Waals surface area contributed by atoms with Crippen LogP contribution in [0, 0.1) is 0 Å². The van der Waals surface area contributed by atoms with Crippen LogP contribution in [0.2, 0.25) is 0 Å². The van der Waals surface area contributed by atoms with Gasteiger partial charge in [0.15, 0.2) is 6.10 Å². The van der Waals surface area contributed by atoms with Gasteiger partial charge in [-0.2, -0.15) is 0 Å². The Bertz CT molecular complexity index is 1420. The minimum Gasteiger partial charge on any atom is -0.462 e. The summed E-state index contributed by atoms with van der Waals surface area (Å²) >= 11 is 0. The first-order valence-electron chi connectivity index (χ1n) is 33.4. The maximum atomic E-state index is 12.9. The summed E-state index contributed by atoms with van der Waals surface area (Å²) in [5.41, 5.74) is 0. The third kappa shape index (κ3) is 63.6. The van der Waals surface area contributed by atoms with E-state index in [4.69, 9.17) is 14.2 Å². The molecule has 0 aromatic carbocycles. The molecule has 446 valence electrons. The lowest BCUT2D eigenvalue weighted by molar-refractivity contribution is -0.167. The van der Waals surface area contributed by atoms with E-state index in [2.05, 4.69) is 93.7 Å². The van der Waals surface area contributed by atoms with Crippen molar-refractivity contribution in [2.75, 3.05) is 13.2 Å². The Kier molecular flexibility index (Phi) is 62.7. The van der Waals surface area contributed by atoms with Gasteiger partial charge in [-0.3, -0.25) is 14.4 Å². The molecule has 6 nitrogen and oxygen atoms in total. The lowest BCUT2D eigenvalue weighted by Crippen LogP contribution is -2.30. The molecule has 0 saturated heterocycles. The molecule has 0 spiro atoms. The fourth-order valence-corrected chi connectivity index (χ4v) is 9.59. The Hall–Kier alpha value is -3.15. The van der Waals surface area contributed by atoms with Gasteiger partial charge in [0, 0.05) is 19.3 Å². The molecule has 0 aliphatic rings. The van der Waals surface area contributed by atoms with Gasteiger partial charge in [-0.15, -0.1) is 0 Å². The average Bonchev–Trinajstić information content (AvgIpc) is 3.43. The van der Waals surface area contributed by atoms with E-state index in [1.54, 1.807) is 0 Å². The number of hydrogen-bond donors (Lipinski definition) is 0. The Morgan fingerprint density at radius 3 is 0.779 bits per heavy atom. The molecular weight excluding hydrogens is 949 g/mol. The molecule has 0 amide bonds. The highest BCUT2D eigenvalue weighted by atomic mass is 16.6. The van der Waals surface area contributed by atoms with E-state index in [1.165, 1.54) is 218 Å². The molecular formula is C71H126O6. The third-order valence-electron chi connectivity index (χ3n) is 14.7. The van der Waals surface area contributed by atoms with Crippen LogP contribution in [-0.2, 0) is 28.6 Å². The van der Waals surface area contributed by atoms with E-state index in [0.29, 0.717) is 19.3 Å². The standard InChI is InChI=1S/C71H126O6/c1-4-7-10-13-16-19-22-25-28-31-34-35-38-41-44-47-50-53-56-59-62-65-71(74)77-68(66-75-69(72)63-60-57-54-51-48-45-42-39-36-32-29-26-23-20-17-14-11-8-5-2)67-76-70(73)64-61-58-55-52-49-46-43-40-37-33-30-27-24-21-18-15-12-9-6-3/h17,20,25-30,36,39,45,48,68H,4-16,18-19,21-24,31-35,37-38,40-44,46-47,49-67H2,1-3H3/b20-17-,28-25-,29-26-,30-27-,39-36-,48-45-/t68-/m1/s1. The van der Waals surface area contributed by atoms with Crippen molar-refractivity contribution in [1.82, 2.24) is 0 Å². The van der Waals surface area contributed by atoms with Crippen molar-refractivity contribution in [2.24, 2.45) is 0 Å². The summed E-state index contributed by atoms with van der Waals surface area (Å²) in [5.74, 6) is -0.902. The highest BCUT2D eigenvalue weighted by Crippen LogP contribution is 2.17. The van der Waals surface area contributed by atoms with Crippen LogP contribution in [0.4, 0.5) is 0 Å². The highest BCUT2D eigenvalue weighted by molar-refractivity contribution is 5.71. The van der Waals surface area contributed by atoms with Crippen molar-refractivity contribution >= 4 is 17.9 Å². The van der Waals surface area contributed by atoms with Crippen LogP contribution >= 0.6 is 0 Å². The largest absolute Gasteiger partial charge is 0.462 e. The molecule has 0 aromatic heterocycles. The minimum absolute atomic E-state index is 0.0851. The first-order chi connectivity index (χ1) is 38.0. The van der Waals surface area contributed by atoms with Crippen LogP contribution < -0.4 is 0 Å². The number of unbranched alkanes of at least 4 members (excludes halogenated alkanes) is 38. The van der Waals surface area contributed by atoms with Crippen LogP contribution in [0.25, 0.3) is 0 Å². The Morgan fingerprint density at radius 2 is 0.468 bits per heavy atom. The van der Waals surface area contributed by atoms with Crippen LogP contribution in [0.3, 0.4) is 0 Å². The van der Waals surface area contributed by atoms with Gasteiger partial charge in [-0.05, 0) is 116 Å². The van der Waals surface area contributed by atoms with E-state index >= 15 is 0 Å². The van der Waals surface area contributed by atoms with Crippen molar-refractivity contribution in [2.45, 2.75) is 348 Å². The first kappa shape index (κ1) is 73.8. The Labute approximate surface area is 478 Å². The van der Waals surface area contributed by atoms with Crippen LogP contribution in [0.1, 0.15) is 342 Å². The minimum atomic E-state index is -0.791. The zero-order valence-electron chi connectivity index (χ0n) is 51.2. The summed E-state index contributed by atoms with van der Waals surface area (Å²) in [4.78, 5) is 38.4.